The average molecular weight is 438 g/mol. The van der Waals surface area contributed by atoms with Gasteiger partial charge < -0.3 is 0 Å². The van der Waals surface area contributed by atoms with Gasteiger partial charge in [-0.3, -0.25) is 0 Å². The van der Waals surface area contributed by atoms with Crippen molar-refractivity contribution in [3.63, 3.8) is 0 Å². The summed E-state index contributed by atoms with van der Waals surface area (Å²) < 4.78 is 52.1. The lowest BCUT2D eigenvalue weighted by molar-refractivity contribution is 0.304. The molecule has 0 saturated carbocycles. The molecule has 0 aromatic carbocycles. The van der Waals surface area contributed by atoms with Crippen molar-refractivity contribution in [3.8, 4) is 0 Å². The highest BCUT2D eigenvalue weighted by Gasteiger charge is 2.32. The molecule has 1 unspecified atom stereocenters. The highest BCUT2D eigenvalue weighted by atomic mass is 79.9. The predicted octanol–water partition coefficient (Wildman–Crippen LogP) is 1.87. The lowest BCUT2D eigenvalue weighted by atomic mass is 10.1. The van der Waals surface area contributed by atoms with Crippen LogP contribution in [0.3, 0.4) is 0 Å². The molecule has 6 nitrogen and oxygen atoms in total. The van der Waals surface area contributed by atoms with Gasteiger partial charge in [0.15, 0.2) is 0 Å². The van der Waals surface area contributed by atoms with Gasteiger partial charge in [-0.1, -0.05) is 11.6 Å². The van der Waals surface area contributed by atoms with Crippen molar-refractivity contribution in [2.45, 2.75) is 23.1 Å². The van der Waals surface area contributed by atoms with E-state index in [2.05, 4.69) is 20.7 Å². The lowest BCUT2D eigenvalue weighted by Crippen LogP contribution is -2.49. The Hall–Kier alpha value is 0.290. The van der Waals surface area contributed by atoms with Gasteiger partial charge in [-0.2, -0.15) is 4.31 Å². The molecule has 0 spiro atoms. The lowest BCUT2D eigenvalue weighted by Gasteiger charge is -2.31. The summed E-state index contributed by atoms with van der Waals surface area (Å²) in [7, 11) is -7.01. The third-order valence-corrected chi connectivity index (χ3v) is 8.53. The van der Waals surface area contributed by atoms with Crippen LogP contribution in [-0.2, 0) is 20.0 Å². The van der Waals surface area contributed by atoms with Crippen molar-refractivity contribution < 1.29 is 16.8 Å². The standard InChI is InChI=1S/C10H14BrClN2O4S3/c1-20(15,16)13-7-3-2-4-14(6-7)21(17,18)9-5-8(12)10(11)19-9/h5,7,13H,2-4,6H2,1H3. The van der Waals surface area contributed by atoms with Gasteiger partial charge in [0, 0.05) is 19.1 Å². The number of hydrogen-bond acceptors (Lipinski definition) is 5. The van der Waals surface area contributed by atoms with Crippen LogP contribution in [-0.4, -0.2) is 46.5 Å². The fraction of sp³-hybridized carbons (Fsp3) is 0.600. The van der Waals surface area contributed by atoms with Crippen molar-refractivity contribution >= 4 is 58.9 Å². The van der Waals surface area contributed by atoms with E-state index in [0.717, 1.165) is 17.6 Å². The first-order valence-corrected chi connectivity index (χ1v) is 11.3. The minimum absolute atomic E-state index is 0.128. The van der Waals surface area contributed by atoms with Crippen LogP contribution in [0.4, 0.5) is 0 Å². The van der Waals surface area contributed by atoms with E-state index in [4.69, 9.17) is 11.6 Å². The van der Waals surface area contributed by atoms with Crippen molar-refractivity contribution in [2.24, 2.45) is 0 Å². The third-order valence-electron chi connectivity index (χ3n) is 2.98. The summed E-state index contributed by atoms with van der Waals surface area (Å²) in [6.07, 6.45) is 2.29. The Kier molecular flexibility index (Phi) is 5.39. The molecule has 1 aromatic heterocycles. The van der Waals surface area contributed by atoms with Crippen molar-refractivity contribution in [1.29, 1.82) is 0 Å². The third kappa shape index (κ3) is 4.40. The van der Waals surface area contributed by atoms with Crippen molar-refractivity contribution in [2.75, 3.05) is 19.3 Å². The van der Waals surface area contributed by atoms with Crippen molar-refractivity contribution in [3.05, 3.63) is 14.9 Å². The molecular formula is C10H14BrClN2O4S3. The number of rotatable bonds is 4. The average Bonchev–Trinajstić information content (AvgIpc) is 2.68. The second-order valence-corrected chi connectivity index (χ2v) is 11.5. The molecule has 0 amide bonds. The normalized spacial score (nSPS) is 21.6. The van der Waals surface area contributed by atoms with Gasteiger partial charge in [-0.05, 0) is 34.8 Å². The fourth-order valence-corrected chi connectivity index (χ4v) is 7.02. The fourth-order valence-electron chi connectivity index (χ4n) is 2.14. The molecule has 1 aliphatic heterocycles. The van der Waals surface area contributed by atoms with E-state index in [0.29, 0.717) is 28.2 Å². The van der Waals surface area contributed by atoms with Crippen LogP contribution in [0.15, 0.2) is 14.1 Å². The van der Waals surface area contributed by atoms with E-state index in [9.17, 15) is 16.8 Å². The molecule has 21 heavy (non-hydrogen) atoms. The van der Waals surface area contributed by atoms with E-state index < -0.39 is 26.1 Å². The van der Waals surface area contributed by atoms with Crippen LogP contribution in [0.1, 0.15) is 12.8 Å². The number of thiophene rings is 1. The number of hydrogen-bond donors (Lipinski definition) is 1. The quantitative estimate of drug-likeness (QED) is 0.779. The number of halogens is 2. The summed E-state index contributed by atoms with van der Waals surface area (Å²) in [4.78, 5) is 0. The molecular weight excluding hydrogens is 424 g/mol. The SMILES string of the molecule is CS(=O)(=O)NC1CCCN(S(=O)(=O)c2cc(Cl)c(Br)s2)C1. The smallest absolute Gasteiger partial charge is 0.213 e. The molecule has 2 heterocycles. The Balaban J connectivity index is 2.20. The zero-order valence-corrected chi connectivity index (χ0v) is 15.8. The van der Waals surface area contributed by atoms with E-state index in [1.54, 1.807) is 0 Å². The zero-order chi connectivity index (χ0) is 15.8. The maximum atomic E-state index is 12.5. The van der Waals surface area contributed by atoms with Gasteiger partial charge in [0.1, 0.15) is 4.21 Å². The molecule has 1 fully saturated rings. The largest absolute Gasteiger partial charge is 0.252 e. The predicted molar refractivity (Wildman–Crippen MR) is 86.8 cm³/mol. The Morgan fingerprint density at radius 3 is 2.62 bits per heavy atom. The van der Waals surface area contributed by atoms with Gasteiger partial charge in [-0.15, -0.1) is 11.3 Å². The van der Waals surface area contributed by atoms with E-state index >= 15 is 0 Å². The summed E-state index contributed by atoms with van der Waals surface area (Å²) in [5.41, 5.74) is 0. The molecule has 0 aliphatic carbocycles. The minimum Gasteiger partial charge on any atom is -0.213 e. The first-order valence-electron chi connectivity index (χ1n) is 6.02. The van der Waals surface area contributed by atoms with Gasteiger partial charge >= 0.3 is 0 Å². The van der Waals surface area contributed by atoms with Gasteiger partial charge in [0.2, 0.25) is 10.0 Å². The first kappa shape index (κ1) is 17.6. The molecule has 0 radical (unpaired) electrons. The number of nitrogens with one attached hydrogen (secondary N) is 1. The Morgan fingerprint density at radius 2 is 2.10 bits per heavy atom. The molecule has 1 N–H and O–H groups in total. The monoisotopic (exact) mass is 436 g/mol. The maximum Gasteiger partial charge on any atom is 0.252 e. The molecule has 1 atom stereocenters. The Labute approximate surface area is 141 Å². The van der Waals surface area contributed by atoms with E-state index in [1.807, 2.05) is 0 Å². The highest BCUT2D eigenvalue weighted by Crippen LogP contribution is 2.36. The number of piperidine rings is 1. The van der Waals surface area contributed by atoms with E-state index in [1.165, 1.54) is 10.4 Å². The molecule has 1 aliphatic rings. The summed E-state index contributed by atoms with van der Waals surface area (Å²) in [6.45, 7) is 0.500. The van der Waals surface area contributed by atoms with Crippen LogP contribution in [0.5, 0.6) is 0 Å². The first-order chi connectivity index (χ1) is 9.59. The molecule has 120 valence electrons. The molecule has 2 rings (SSSR count). The second kappa shape index (κ2) is 6.42. The van der Waals surface area contributed by atoms with Gasteiger partial charge in [0.25, 0.3) is 10.0 Å². The van der Waals surface area contributed by atoms with Gasteiger partial charge in [-0.25, -0.2) is 21.6 Å². The zero-order valence-electron chi connectivity index (χ0n) is 11.0. The second-order valence-electron chi connectivity index (χ2n) is 4.78. The number of nitrogens with zero attached hydrogens (tertiary/aromatic N) is 1. The van der Waals surface area contributed by atoms with Crippen LogP contribution < -0.4 is 4.72 Å². The summed E-state index contributed by atoms with van der Waals surface area (Å²) in [5.74, 6) is 0. The summed E-state index contributed by atoms with van der Waals surface area (Å²) >= 11 is 10.1. The Bertz CT molecular complexity index is 712. The highest BCUT2D eigenvalue weighted by molar-refractivity contribution is 9.11. The molecule has 1 saturated heterocycles. The van der Waals surface area contributed by atoms with E-state index in [-0.39, 0.29) is 10.8 Å². The summed E-state index contributed by atoms with van der Waals surface area (Å²) in [5, 5.41) is 0.349. The summed E-state index contributed by atoms with van der Waals surface area (Å²) in [6, 6.07) is 1.00. The topological polar surface area (TPSA) is 83.6 Å². The minimum atomic E-state index is -3.65. The molecule has 11 heteroatoms. The van der Waals surface area contributed by atoms with Crippen molar-refractivity contribution in [1.82, 2.24) is 9.03 Å². The van der Waals surface area contributed by atoms with Crippen LogP contribution in [0.25, 0.3) is 0 Å². The molecule has 1 aromatic rings. The van der Waals surface area contributed by atoms with Crippen LogP contribution >= 0.6 is 38.9 Å². The maximum absolute atomic E-state index is 12.5. The van der Waals surface area contributed by atoms with Gasteiger partial charge in [0.05, 0.1) is 15.1 Å². The number of sulfonamides is 2. The molecule has 0 bridgehead atoms. The van der Waals surface area contributed by atoms with Crippen LogP contribution in [0, 0.1) is 0 Å². The van der Waals surface area contributed by atoms with Crippen LogP contribution in [0.2, 0.25) is 5.02 Å². The Morgan fingerprint density at radius 1 is 1.43 bits per heavy atom.